The van der Waals surface area contributed by atoms with Gasteiger partial charge in [0.15, 0.2) is 5.66 Å². The van der Waals surface area contributed by atoms with Crippen molar-refractivity contribution in [2.75, 3.05) is 66.5 Å². The average molecular weight is 744 g/mol. The highest BCUT2D eigenvalue weighted by Gasteiger charge is 2.55. The molecule has 0 spiro atoms. The summed E-state index contributed by atoms with van der Waals surface area (Å²) >= 11 is 12.6. The van der Waals surface area contributed by atoms with Crippen LogP contribution in [-0.4, -0.2) is 106 Å². The molecule has 11 nitrogen and oxygen atoms in total. The molecular formula is C36H44Cl2N6O5S. The van der Waals surface area contributed by atoms with Gasteiger partial charge in [0.1, 0.15) is 5.75 Å². The maximum atomic E-state index is 15.2. The van der Waals surface area contributed by atoms with Crippen LogP contribution in [0.1, 0.15) is 48.5 Å². The quantitative estimate of drug-likeness (QED) is 0.318. The van der Waals surface area contributed by atoms with Gasteiger partial charge in [-0.2, -0.15) is 4.31 Å². The van der Waals surface area contributed by atoms with E-state index in [4.69, 9.17) is 27.9 Å². The predicted molar refractivity (Wildman–Crippen MR) is 194 cm³/mol. The van der Waals surface area contributed by atoms with E-state index in [1.165, 1.54) is 4.31 Å². The van der Waals surface area contributed by atoms with Crippen molar-refractivity contribution in [1.29, 1.82) is 0 Å². The largest absolute Gasteiger partial charge is 0.493 e. The third kappa shape index (κ3) is 7.38. The molecule has 0 bridgehead atoms. The third-order valence-electron chi connectivity index (χ3n) is 9.73. The standard InChI is InChI=1S/C36H44Cl2N6O5S/c1-4-49-31-16-15-29(50(47,48)44-17-5-6-18-44)23-30(31)36(35(46)43-21-19-42(20-22-43)24-32(45)41(2)3)39-33(25-7-11-27(37)12-8-25)34(40-36)26-9-13-28(38)14-10-26/h7-16,23,33-34,39-40H,4-6,17-22,24H2,1-3H3. The number of halogens is 2. The Hall–Kier alpha value is -3.23. The molecule has 3 heterocycles. The number of carbonyl (C=O) groups excluding carboxylic acids is 2. The van der Waals surface area contributed by atoms with Gasteiger partial charge in [0.05, 0.1) is 30.1 Å². The molecule has 0 aliphatic carbocycles. The maximum Gasteiger partial charge on any atom is 0.262 e. The van der Waals surface area contributed by atoms with Gasteiger partial charge in [-0.05, 0) is 73.4 Å². The lowest BCUT2D eigenvalue weighted by Gasteiger charge is -2.40. The highest BCUT2D eigenvalue weighted by atomic mass is 35.5. The van der Waals surface area contributed by atoms with Gasteiger partial charge < -0.3 is 14.5 Å². The van der Waals surface area contributed by atoms with E-state index in [9.17, 15) is 13.2 Å². The fourth-order valence-corrected chi connectivity index (χ4v) is 8.76. The molecule has 2 amide bonds. The van der Waals surface area contributed by atoms with Crippen LogP contribution >= 0.6 is 23.2 Å². The molecule has 3 aliphatic rings. The minimum atomic E-state index is -3.84. The van der Waals surface area contributed by atoms with E-state index in [0.717, 1.165) is 24.0 Å². The fraction of sp³-hybridized carbons (Fsp3) is 0.444. The Morgan fingerprint density at radius 1 is 0.840 bits per heavy atom. The van der Waals surface area contributed by atoms with Crippen molar-refractivity contribution in [3.05, 3.63) is 93.5 Å². The van der Waals surface area contributed by atoms with Crippen molar-refractivity contribution in [3.8, 4) is 5.75 Å². The summed E-state index contributed by atoms with van der Waals surface area (Å²) in [5.74, 6) is 0.112. The Balaban J connectivity index is 1.48. The minimum absolute atomic E-state index is 0.00521. The van der Waals surface area contributed by atoms with Crippen LogP contribution in [0.2, 0.25) is 10.0 Å². The number of nitrogens with one attached hydrogen (secondary N) is 2. The van der Waals surface area contributed by atoms with Crippen LogP contribution in [0.4, 0.5) is 0 Å². The molecule has 50 heavy (non-hydrogen) atoms. The predicted octanol–water partition coefficient (Wildman–Crippen LogP) is 4.24. The number of ether oxygens (including phenoxy) is 1. The first-order valence-electron chi connectivity index (χ1n) is 17.0. The van der Waals surface area contributed by atoms with Gasteiger partial charge in [0.25, 0.3) is 5.91 Å². The number of hydrogen-bond acceptors (Lipinski definition) is 8. The second-order valence-corrected chi connectivity index (χ2v) is 16.0. The molecule has 14 heteroatoms. The highest BCUT2D eigenvalue weighted by molar-refractivity contribution is 7.89. The molecule has 3 aromatic carbocycles. The number of likely N-dealkylation sites (N-methyl/N-ethyl adjacent to an activating group) is 1. The van der Waals surface area contributed by atoms with Gasteiger partial charge in [-0.3, -0.25) is 25.1 Å². The first-order valence-corrected chi connectivity index (χ1v) is 19.2. The summed E-state index contributed by atoms with van der Waals surface area (Å²) in [7, 11) is -0.386. The summed E-state index contributed by atoms with van der Waals surface area (Å²) in [6, 6.07) is 18.8. The number of benzene rings is 3. The monoisotopic (exact) mass is 742 g/mol. The molecule has 3 saturated heterocycles. The van der Waals surface area contributed by atoms with Gasteiger partial charge >= 0.3 is 0 Å². The number of piperazine rings is 1. The second kappa shape index (κ2) is 15.2. The average Bonchev–Trinajstić information content (AvgIpc) is 3.80. The van der Waals surface area contributed by atoms with Crippen molar-refractivity contribution >= 4 is 45.0 Å². The van der Waals surface area contributed by atoms with Crippen LogP contribution in [0.25, 0.3) is 0 Å². The molecule has 6 rings (SSSR count). The van der Waals surface area contributed by atoms with Crippen molar-refractivity contribution in [2.45, 2.75) is 42.4 Å². The topological polar surface area (TPSA) is 115 Å². The van der Waals surface area contributed by atoms with E-state index < -0.39 is 27.8 Å². The first-order chi connectivity index (χ1) is 23.9. The zero-order valence-corrected chi connectivity index (χ0v) is 30.9. The Labute approximate surface area is 304 Å². The Kier molecular flexibility index (Phi) is 11.1. The summed E-state index contributed by atoms with van der Waals surface area (Å²) in [5.41, 5.74) is 0.520. The lowest BCUT2D eigenvalue weighted by molar-refractivity contribution is -0.142. The van der Waals surface area contributed by atoms with Crippen LogP contribution in [-0.2, 0) is 25.3 Å². The molecule has 2 unspecified atom stereocenters. The molecule has 0 radical (unpaired) electrons. The molecule has 0 aromatic heterocycles. The summed E-state index contributed by atoms with van der Waals surface area (Å²) in [5, 5.41) is 8.52. The van der Waals surface area contributed by atoms with Crippen LogP contribution in [0.3, 0.4) is 0 Å². The van der Waals surface area contributed by atoms with Crippen molar-refractivity contribution in [2.24, 2.45) is 0 Å². The number of hydrogen-bond donors (Lipinski definition) is 2. The van der Waals surface area contributed by atoms with E-state index in [2.05, 4.69) is 10.6 Å². The minimum Gasteiger partial charge on any atom is -0.493 e. The van der Waals surface area contributed by atoms with Gasteiger partial charge in [0.2, 0.25) is 15.9 Å². The summed E-state index contributed by atoms with van der Waals surface area (Å²) in [6.07, 6.45) is 1.60. The molecule has 3 aromatic rings. The summed E-state index contributed by atoms with van der Waals surface area (Å²) in [6.45, 7) is 5.06. The highest BCUT2D eigenvalue weighted by Crippen LogP contribution is 2.45. The van der Waals surface area contributed by atoms with Gasteiger partial charge in [0, 0.05) is 69.0 Å². The zero-order chi connectivity index (χ0) is 35.6. The lowest BCUT2D eigenvalue weighted by Crippen LogP contribution is -2.62. The zero-order valence-electron chi connectivity index (χ0n) is 28.6. The molecular weight excluding hydrogens is 699 g/mol. The SMILES string of the molecule is CCOc1ccc(S(=O)(=O)N2CCCC2)cc1C1(C(=O)N2CCN(CC(=O)N(C)C)CC2)NC(c2ccc(Cl)cc2)C(c2ccc(Cl)cc2)N1. The smallest absolute Gasteiger partial charge is 0.262 e. The molecule has 3 fully saturated rings. The van der Waals surface area contributed by atoms with Crippen molar-refractivity contribution < 1.29 is 22.7 Å². The molecule has 2 N–H and O–H groups in total. The van der Waals surface area contributed by atoms with Crippen molar-refractivity contribution in [3.63, 3.8) is 0 Å². The summed E-state index contributed by atoms with van der Waals surface area (Å²) in [4.78, 5) is 33.2. The first kappa shape index (κ1) is 36.6. The Morgan fingerprint density at radius 3 is 1.88 bits per heavy atom. The third-order valence-corrected chi connectivity index (χ3v) is 12.1. The van der Waals surface area contributed by atoms with E-state index in [-0.39, 0.29) is 23.3 Å². The Bertz CT molecular complexity index is 1740. The maximum absolute atomic E-state index is 15.2. The molecule has 268 valence electrons. The molecule has 3 aliphatic heterocycles. The fourth-order valence-electron chi connectivity index (χ4n) is 6.96. The van der Waals surface area contributed by atoms with E-state index in [1.807, 2.05) is 60.4 Å². The number of sulfonamides is 1. The van der Waals surface area contributed by atoms with Gasteiger partial charge in [-0.15, -0.1) is 0 Å². The van der Waals surface area contributed by atoms with E-state index in [0.29, 0.717) is 67.2 Å². The number of rotatable bonds is 10. The van der Waals surface area contributed by atoms with Crippen LogP contribution in [0.5, 0.6) is 5.75 Å². The van der Waals surface area contributed by atoms with Crippen molar-refractivity contribution in [1.82, 2.24) is 29.6 Å². The lowest BCUT2D eigenvalue weighted by atomic mass is 9.95. The number of nitrogens with zero attached hydrogens (tertiary/aromatic N) is 4. The van der Waals surface area contributed by atoms with Gasteiger partial charge in [-0.25, -0.2) is 8.42 Å². The normalized spacial score (nSPS) is 23.3. The number of amides is 2. The molecule has 0 saturated carbocycles. The van der Waals surface area contributed by atoms with E-state index >= 15 is 4.79 Å². The Morgan fingerprint density at radius 2 is 1.38 bits per heavy atom. The number of carbonyl (C=O) groups is 2. The van der Waals surface area contributed by atoms with Crippen LogP contribution in [0.15, 0.2) is 71.6 Å². The molecule has 2 atom stereocenters. The van der Waals surface area contributed by atoms with Gasteiger partial charge in [-0.1, -0.05) is 47.5 Å². The van der Waals surface area contributed by atoms with Crippen LogP contribution < -0.4 is 15.4 Å². The van der Waals surface area contributed by atoms with E-state index in [1.54, 1.807) is 42.1 Å². The second-order valence-electron chi connectivity index (χ2n) is 13.2. The van der Waals surface area contributed by atoms with Crippen LogP contribution in [0, 0.1) is 0 Å². The summed E-state index contributed by atoms with van der Waals surface area (Å²) < 4.78 is 35.5.